The van der Waals surface area contributed by atoms with Crippen molar-refractivity contribution in [3.8, 4) is 11.8 Å². The van der Waals surface area contributed by atoms with Gasteiger partial charge in [-0.15, -0.1) is 0 Å². The fourth-order valence-corrected chi connectivity index (χ4v) is 4.10. The molecule has 1 N–H and O–H groups in total. The largest absolute Gasteiger partial charge is 0.384 e. The van der Waals surface area contributed by atoms with Crippen molar-refractivity contribution < 1.29 is 13.5 Å². The zero-order valence-corrected chi connectivity index (χ0v) is 12.9. The van der Waals surface area contributed by atoms with Crippen LogP contribution in [-0.2, 0) is 10.0 Å². The van der Waals surface area contributed by atoms with Gasteiger partial charge in [0.2, 0.25) is 10.0 Å². The summed E-state index contributed by atoms with van der Waals surface area (Å²) in [6.45, 7) is 3.01. The lowest BCUT2D eigenvalue weighted by Gasteiger charge is -2.16. The summed E-state index contributed by atoms with van der Waals surface area (Å²) in [6.07, 6.45) is 5.90. The lowest BCUT2D eigenvalue weighted by Crippen LogP contribution is -2.29. The molecule has 0 radical (unpaired) electrons. The second kappa shape index (κ2) is 7.03. The van der Waals surface area contributed by atoms with Gasteiger partial charge in [-0.2, -0.15) is 4.31 Å². The minimum atomic E-state index is -3.50. The number of hydrogen-bond donors (Lipinski definition) is 1. The Morgan fingerprint density at radius 2 is 2.29 bits per heavy atom. The molecule has 0 bridgehead atoms. The van der Waals surface area contributed by atoms with Gasteiger partial charge in [-0.3, -0.25) is 4.98 Å². The molecule has 1 aliphatic rings. The van der Waals surface area contributed by atoms with Gasteiger partial charge in [0.25, 0.3) is 0 Å². The number of rotatable bonds is 4. The second-order valence-electron chi connectivity index (χ2n) is 5.18. The van der Waals surface area contributed by atoms with Crippen LogP contribution in [0.3, 0.4) is 0 Å². The second-order valence-corrected chi connectivity index (χ2v) is 7.11. The van der Waals surface area contributed by atoms with Crippen LogP contribution in [0.15, 0.2) is 23.4 Å². The summed E-state index contributed by atoms with van der Waals surface area (Å²) in [7, 11) is -3.50. The number of aliphatic hydroxyl groups is 1. The zero-order valence-electron chi connectivity index (χ0n) is 12.1. The number of pyridine rings is 1. The first-order valence-electron chi connectivity index (χ1n) is 7.13. The standard InChI is InChI=1S/C15H20N2O3S/c1-2-4-13-6-7-17(12-13)21(19,20)15-9-14(5-3-8-18)10-16-11-15/h9-11,13,18H,2,4,6-8,12H2,1H3. The van der Waals surface area contributed by atoms with Gasteiger partial charge in [-0.25, -0.2) is 8.42 Å². The highest BCUT2D eigenvalue weighted by atomic mass is 32.2. The minimum absolute atomic E-state index is 0.171. The molecule has 1 atom stereocenters. The van der Waals surface area contributed by atoms with E-state index in [2.05, 4.69) is 23.7 Å². The van der Waals surface area contributed by atoms with Gasteiger partial charge in [-0.05, 0) is 24.8 Å². The average molecular weight is 308 g/mol. The topological polar surface area (TPSA) is 70.5 Å². The van der Waals surface area contributed by atoms with Gasteiger partial charge in [0.1, 0.15) is 11.5 Å². The summed E-state index contributed by atoms with van der Waals surface area (Å²) in [5.74, 6) is 5.63. The number of hydrogen-bond acceptors (Lipinski definition) is 4. The highest BCUT2D eigenvalue weighted by Crippen LogP contribution is 2.26. The zero-order chi connectivity index (χ0) is 15.3. The van der Waals surface area contributed by atoms with Crippen molar-refractivity contribution in [1.82, 2.24) is 9.29 Å². The van der Waals surface area contributed by atoms with Crippen LogP contribution in [0.4, 0.5) is 0 Å². The predicted octanol–water partition coefficient (Wildman–Crippen LogP) is 1.24. The van der Waals surface area contributed by atoms with Gasteiger partial charge in [0, 0.05) is 31.0 Å². The molecule has 1 fully saturated rings. The van der Waals surface area contributed by atoms with Gasteiger partial charge in [0.05, 0.1) is 0 Å². The summed E-state index contributed by atoms with van der Waals surface area (Å²) < 4.78 is 26.7. The Kier molecular flexibility index (Phi) is 5.34. The maximum Gasteiger partial charge on any atom is 0.244 e. The Labute approximate surface area is 126 Å². The van der Waals surface area contributed by atoms with E-state index >= 15 is 0 Å². The van der Waals surface area contributed by atoms with Crippen LogP contribution < -0.4 is 0 Å². The van der Waals surface area contributed by atoms with Crippen molar-refractivity contribution in [3.05, 3.63) is 24.0 Å². The van der Waals surface area contributed by atoms with Crippen LogP contribution >= 0.6 is 0 Å². The molecular weight excluding hydrogens is 288 g/mol. The highest BCUT2D eigenvalue weighted by Gasteiger charge is 2.32. The molecule has 1 unspecified atom stereocenters. The fraction of sp³-hybridized carbons (Fsp3) is 0.533. The molecule has 1 aromatic rings. The van der Waals surface area contributed by atoms with Gasteiger partial charge < -0.3 is 5.11 Å². The highest BCUT2D eigenvalue weighted by molar-refractivity contribution is 7.89. The Bertz CT molecular complexity index is 646. The molecule has 0 aliphatic carbocycles. The first-order valence-corrected chi connectivity index (χ1v) is 8.57. The van der Waals surface area contributed by atoms with Gasteiger partial charge in [0.15, 0.2) is 0 Å². The van der Waals surface area contributed by atoms with Crippen LogP contribution in [0.25, 0.3) is 0 Å². The molecule has 0 aromatic carbocycles. The van der Waals surface area contributed by atoms with E-state index in [1.807, 2.05) is 0 Å². The maximum atomic E-state index is 12.6. The summed E-state index contributed by atoms with van der Waals surface area (Å²) in [5.41, 5.74) is 0.495. The van der Waals surface area contributed by atoms with Crippen LogP contribution in [0, 0.1) is 17.8 Å². The van der Waals surface area contributed by atoms with Crippen molar-refractivity contribution in [2.75, 3.05) is 19.7 Å². The quantitative estimate of drug-likeness (QED) is 0.850. The Balaban J connectivity index is 2.20. The van der Waals surface area contributed by atoms with E-state index in [4.69, 9.17) is 5.11 Å². The maximum absolute atomic E-state index is 12.6. The molecule has 2 rings (SSSR count). The molecule has 0 amide bonds. The van der Waals surface area contributed by atoms with E-state index in [1.54, 1.807) is 0 Å². The van der Waals surface area contributed by atoms with E-state index in [-0.39, 0.29) is 11.5 Å². The minimum Gasteiger partial charge on any atom is -0.384 e. The van der Waals surface area contributed by atoms with Crippen molar-refractivity contribution in [3.63, 3.8) is 0 Å². The molecule has 1 aromatic heterocycles. The first kappa shape index (κ1) is 16.0. The summed E-state index contributed by atoms with van der Waals surface area (Å²) >= 11 is 0. The first-order chi connectivity index (χ1) is 10.1. The van der Waals surface area contributed by atoms with Crippen LogP contribution in [0.1, 0.15) is 31.7 Å². The van der Waals surface area contributed by atoms with E-state index in [9.17, 15) is 8.42 Å². The molecule has 2 heterocycles. The molecule has 5 nitrogen and oxygen atoms in total. The lowest BCUT2D eigenvalue weighted by atomic mass is 10.0. The van der Waals surface area contributed by atoms with Crippen molar-refractivity contribution >= 4 is 10.0 Å². The normalized spacial score (nSPS) is 19.2. The SMILES string of the molecule is CCCC1CCN(S(=O)(=O)c2cncc(C#CCO)c2)C1. The molecule has 6 heteroatoms. The van der Waals surface area contributed by atoms with Crippen molar-refractivity contribution in [2.45, 2.75) is 31.1 Å². The molecule has 1 aliphatic heterocycles. The van der Waals surface area contributed by atoms with Gasteiger partial charge in [-0.1, -0.05) is 25.2 Å². The summed E-state index contributed by atoms with van der Waals surface area (Å²) in [5, 5.41) is 8.69. The van der Waals surface area contributed by atoms with Gasteiger partial charge >= 0.3 is 0 Å². The molecule has 21 heavy (non-hydrogen) atoms. The molecular formula is C15H20N2O3S. The number of sulfonamides is 1. The third-order valence-electron chi connectivity index (χ3n) is 3.61. The van der Waals surface area contributed by atoms with Crippen molar-refractivity contribution in [2.24, 2.45) is 5.92 Å². The van der Waals surface area contributed by atoms with E-state index in [1.165, 1.54) is 22.8 Å². The number of aliphatic hydroxyl groups excluding tert-OH is 1. The molecule has 0 spiro atoms. The smallest absolute Gasteiger partial charge is 0.244 e. The predicted molar refractivity (Wildman–Crippen MR) is 80.0 cm³/mol. The molecule has 114 valence electrons. The molecule has 0 saturated carbocycles. The summed E-state index contributed by atoms with van der Waals surface area (Å²) in [4.78, 5) is 4.11. The van der Waals surface area contributed by atoms with Crippen LogP contribution in [0.5, 0.6) is 0 Å². The monoisotopic (exact) mass is 308 g/mol. The average Bonchev–Trinajstić information content (AvgIpc) is 2.95. The summed E-state index contributed by atoms with van der Waals surface area (Å²) in [6, 6.07) is 1.51. The van der Waals surface area contributed by atoms with Crippen LogP contribution in [-0.4, -0.2) is 42.5 Å². The number of nitrogens with zero attached hydrogens (tertiary/aromatic N) is 2. The van der Waals surface area contributed by atoms with Crippen molar-refractivity contribution in [1.29, 1.82) is 0 Å². The Morgan fingerprint density at radius 3 is 3.00 bits per heavy atom. The van der Waals surface area contributed by atoms with E-state index in [0.29, 0.717) is 24.6 Å². The lowest BCUT2D eigenvalue weighted by molar-refractivity contribution is 0.350. The number of aromatic nitrogens is 1. The Hall–Kier alpha value is -1.42. The fourth-order valence-electron chi connectivity index (χ4n) is 2.58. The van der Waals surface area contributed by atoms with E-state index in [0.717, 1.165) is 19.3 Å². The van der Waals surface area contributed by atoms with E-state index < -0.39 is 10.0 Å². The Morgan fingerprint density at radius 1 is 1.48 bits per heavy atom. The van der Waals surface area contributed by atoms with Crippen LogP contribution in [0.2, 0.25) is 0 Å². The third-order valence-corrected chi connectivity index (χ3v) is 5.44. The third kappa shape index (κ3) is 3.82. The molecule has 1 saturated heterocycles.